The molecule has 0 radical (unpaired) electrons. The molecule has 1 saturated carbocycles. The van der Waals surface area contributed by atoms with Gasteiger partial charge in [-0.1, -0.05) is 0 Å². The van der Waals surface area contributed by atoms with E-state index in [0.717, 1.165) is 24.0 Å². The Kier molecular flexibility index (Phi) is 2.41. The number of hydrogen-bond donors (Lipinski definition) is 2. The molecule has 18 heavy (non-hydrogen) atoms. The zero-order chi connectivity index (χ0) is 12.7. The molecule has 1 aliphatic carbocycles. The van der Waals surface area contributed by atoms with Crippen LogP contribution in [0.15, 0.2) is 23.3 Å². The van der Waals surface area contributed by atoms with E-state index in [4.69, 9.17) is 0 Å². The molecule has 0 bridgehead atoms. The van der Waals surface area contributed by atoms with Gasteiger partial charge in [0.05, 0.1) is 4.92 Å². The molecule has 1 heterocycles. The lowest BCUT2D eigenvalue weighted by atomic mass is 10.0. The second kappa shape index (κ2) is 3.95. The second-order valence-electron chi connectivity index (χ2n) is 4.56. The number of non-ortho nitro benzene ring substituents is 1. The van der Waals surface area contributed by atoms with Crippen molar-refractivity contribution in [1.82, 2.24) is 16.1 Å². The molecule has 7 nitrogen and oxygen atoms in total. The van der Waals surface area contributed by atoms with Gasteiger partial charge in [-0.25, -0.2) is 5.53 Å². The van der Waals surface area contributed by atoms with Crippen molar-refractivity contribution in [2.75, 3.05) is 7.05 Å². The first-order valence-electron chi connectivity index (χ1n) is 5.77. The van der Waals surface area contributed by atoms with Crippen molar-refractivity contribution in [2.45, 2.75) is 18.8 Å². The van der Waals surface area contributed by atoms with E-state index in [1.807, 2.05) is 6.07 Å². The number of rotatable bonds is 3. The summed E-state index contributed by atoms with van der Waals surface area (Å²) in [4.78, 5) is 10.6. The van der Waals surface area contributed by atoms with Gasteiger partial charge in [-0.15, -0.1) is 10.6 Å². The van der Waals surface area contributed by atoms with Crippen LogP contribution in [0.2, 0.25) is 0 Å². The lowest BCUT2D eigenvalue weighted by molar-refractivity contribution is -0.384. The zero-order valence-electron chi connectivity index (χ0n) is 9.88. The third-order valence-electron chi connectivity index (χ3n) is 3.16. The predicted molar refractivity (Wildman–Crippen MR) is 65.6 cm³/mol. The molecule has 0 aromatic heterocycles. The molecule has 0 amide bonds. The van der Waals surface area contributed by atoms with E-state index < -0.39 is 0 Å². The molecule has 7 heteroatoms. The van der Waals surface area contributed by atoms with Crippen molar-refractivity contribution in [3.8, 4) is 0 Å². The molecular formula is C11H13N5O2. The topological polar surface area (TPSA) is 82.8 Å². The Morgan fingerprint density at radius 2 is 2.22 bits per heavy atom. The van der Waals surface area contributed by atoms with Crippen LogP contribution in [0.3, 0.4) is 0 Å². The first-order chi connectivity index (χ1) is 8.65. The Morgan fingerprint density at radius 1 is 1.44 bits per heavy atom. The van der Waals surface area contributed by atoms with Crippen LogP contribution in [0, 0.1) is 10.1 Å². The smallest absolute Gasteiger partial charge is 0.270 e. The Hall–Kier alpha value is -2.15. The number of nitro benzene ring substituents is 1. The summed E-state index contributed by atoms with van der Waals surface area (Å²) in [5.41, 5.74) is 7.33. The molecule has 1 aromatic carbocycles. The molecule has 2 aliphatic rings. The van der Waals surface area contributed by atoms with E-state index in [1.54, 1.807) is 24.2 Å². The number of benzene rings is 1. The van der Waals surface area contributed by atoms with Crippen LogP contribution in [0.25, 0.3) is 0 Å². The van der Waals surface area contributed by atoms with Gasteiger partial charge in [0, 0.05) is 24.7 Å². The van der Waals surface area contributed by atoms with Crippen molar-refractivity contribution in [3.05, 3.63) is 39.4 Å². The summed E-state index contributed by atoms with van der Waals surface area (Å²) >= 11 is 0. The van der Waals surface area contributed by atoms with Crippen molar-refractivity contribution in [2.24, 2.45) is 5.10 Å². The monoisotopic (exact) mass is 247 g/mol. The average molecular weight is 247 g/mol. The molecule has 0 unspecified atom stereocenters. The minimum absolute atomic E-state index is 0.123. The molecule has 0 saturated heterocycles. The largest absolute Gasteiger partial charge is 0.274 e. The van der Waals surface area contributed by atoms with Gasteiger partial charge in [0.15, 0.2) is 5.84 Å². The van der Waals surface area contributed by atoms with E-state index in [-0.39, 0.29) is 10.6 Å². The maximum Gasteiger partial charge on any atom is 0.270 e. The molecule has 0 atom stereocenters. The predicted octanol–water partition coefficient (Wildman–Crippen LogP) is 1.09. The number of amidine groups is 1. The summed E-state index contributed by atoms with van der Waals surface area (Å²) in [5.74, 6) is 1.12. The van der Waals surface area contributed by atoms with Crippen molar-refractivity contribution in [3.63, 3.8) is 0 Å². The minimum Gasteiger partial charge on any atom is -0.274 e. The Morgan fingerprint density at radius 3 is 2.78 bits per heavy atom. The van der Waals surface area contributed by atoms with E-state index in [9.17, 15) is 10.1 Å². The lowest BCUT2D eigenvalue weighted by Gasteiger charge is -2.12. The molecule has 1 aromatic rings. The molecular weight excluding hydrogens is 234 g/mol. The summed E-state index contributed by atoms with van der Waals surface area (Å²) < 4.78 is 0. The molecule has 0 spiro atoms. The van der Waals surface area contributed by atoms with Crippen molar-refractivity contribution >= 4 is 11.5 Å². The SMILES string of the molecule is CN1NNN=C1c1cc(C2CC2)cc([N+](=O)[O-])c1. The molecule has 1 fully saturated rings. The summed E-state index contributed by atoms with van der Waals surface area (Å²) in [6.45, 7) is 0. The number of nitrogens with zero attached hydrogens (tertiary/aromatic N) is 3. The van der Waals surface area contributed by atoms with E-state index in [0.29, 0.717) is 11.8 Å². The number of hydrazine groups is 2. The van der Waals surface area contributed by atoms with Crippen LogP contribution in [0.1, 0.15) is 29.9 Å². The molecule has 3 rings (SSSR count). The lowest BCUT2D eigenvalue weighted by Crippen LogP contribution is -2.37. The maximum absolute atomic E-state index is 11.0. The van der Waals surface area contributed by atoms with Crippen LogP contribution in [0.4, 0.5) is 5.69 Å². The number of hydrazone groups is 1. The third-order valence-corrected chi connectivity index (χ3v) is 3.16. The highest BCUT2D eigenvalue weighted by molar-refractivity contribution is 5.99. The van der Waals surface area contributed by atoms with Gasteiger partial charge >= 0.3 is 0 Å². The van der Waals surface area contributed by atoms with E-state index in [1.165, 1.54) is 0 Å². The first kappa shape index (κ1) is 11.0. The van der Waals surface area contributed by atoms with Crippen molar-refractivity contribution in [1.29, 1.82) is 0 Å². The van der Waals surface area contributed by atoms with Crippen LogP contribution in [-0.2, 0) is 0 Å². The Bertz CT molecular complexity index is 538. The first-order valence-corrected chi connectivity index (χ1v) is 5.77. The van der Waals surface area contributed by atoms with Crippen LogP contribution < -0.4 is 11.1 Å². The highest BCUT2D eigenvalue weighted by Crippen LogP contribution is 2.41. The minimum atomic E-state index is -0.355. The summed E-state index contributed by atoms with van der Waals surface area (Å²) in [7, 11) is 1.80. The molecule has 94 valence electrons. The highest BCUT2D eigenvalue weighted by Gasteiger charge is 2.27. The Labute approximate surface area is 104 Å². The highest BCUT2D eigenvalue weighted by atomic mass is 16.6. The Balaban J connectivity index is 2.05. The second-order valence-corrected chi connectivity index (χ2v) is 4.56. The summed E-state index contributed by atoms with van der Waals surface area (Å²) in [5, 5.41) is 16.7. The maximum atomic E-state index is 11.0. The standard InChI is InChI=1S/C11H13N5O2/c1-15-11(12-13-14-15)9-4-8(7-2-3-7)5-10(6-9)16(17)18/h4-7,13-14H,2-3H2,1H3. The number of nitrogens with one attached hydrogen (secondary N) is 2. The molecule has 2 N–H and O–H groups in total. The third kappa shape index (κ3) is 1.88. The van der Waals surface area contributed by atoms with Crippen LogP contribution in [0.5, 0.6) is 0 Å². The van der Waals surface area contributed by atoms with E-state index >= 15 is 0 Å². The van der Waals surface area contributed by atoms with Crippen LogP contribution in [-0.4, -0.2) is 22.8 Å². The van der Waals surface area contributed by atoms with Crippen LogP contribution >= 0.6 is 0 Å². The fourth-order valence-electron chi connectivity index (χ4n) is 2.06. The average Bonchev–Trinajstić information content (AvgIpc) is 3.11. The van der Waals surface area contributed by atoms with Gasteiger partial charge in [-0.05, 0) is 30.4 Å². The fourth-order valence-corrected chi connectivity index (χ4v) is 2.06. The van der Waals surface area contributed by atoms with E-state index in [2.05, 4.69) is 16.2 Å². The normalized spacial score (nSPS) is 18.5. The van der Waals surface area contributed by atoms with Gasteiger partial charge in [0.2, 0.25) is 0 Å². The summed E-state index contributed by atoms with van der Waals surface area (Å²) in [6, 6.07) is 5.20. The summed E-state index contributed by atoms with van der Waals surface area (Å²) in [6.07, 6.45) is 2.22. The van der Waals surface area contributed by atoms with Gasteiger partial charge in [-0.2, -0.15) is 0 Å². The number of hydrogen-bond acceptors (Lipinski definition) is 6. The number of nitro groups is 1. The van der Waals surface area contributed by atoms with Gasteiger partial charge < -0.3 is 0 Å². The zero-order valence-corrected chi connectivity index (χ0v) is 9.88. The van der Waals surface area contributed by atoms with Gasteiger partial charge in [0.25, 0.3) is 5.69 Å². The van der Waals surface area contributed by atoms with Crippen molar-refractivity contribution < 1.29 is 4.92 Å². The van der Waals surface area contributed by atoms with Gasteiger partial charge in [-0.3, -0.25) is 15.1 Å². The molecule has 1 aliphatic heterocycles. The quantitative estimate of drug-likeness (QED) is 0.617. The fraction of sp³-hybridized carbons (Fsp3) is 0.364. The van der Waals surface area contributed by atoms with Gasteiger partial charge in [0.1, 0.15) is 0 Å².